The molecule has 0 bridgehead atoms. The van der Waals surface area contributed by atoms with Gasteiger partial charge in [0.25, 0.3) is 0 Å². The largest absolute Gasteiger partial charge is 0.355 e. The van der Waals surface area contributed by atoms with E-state index in [-0.39, 0.29) is 23.6 Å². The summed E-state index contributed by atoms with van der Waals surface area (Å²) in [4.78, 5) is 12.2. The van der Waals surface area contributed by atoms with Gasteiger partial charge in [0, 0.05) is 13.1 Å². The Kier molecular flexibility index (Phi) is 5.00. The second-order valence-corrected chi connectivity index (χ2v) is 7.44. The Bertz CT molecular complexity index is 580. The summed E-state index contributed by atoms with van der Waals surface area (Å²) in [5.74, 6) is -0.105. The molecule has 1 fully saturated rings. The first-order valence-electron chi connectivity index (χ1n) is 7.27. The van der Waals surface area contributed by atoms with Gasteiger partial charge in [-0.2, -0.15) is 0 Å². The van der Waals surface area contributed by atoms with Crippen LogP contribution in [-0.2, 0) is 21.2 Å². The Morgan fingerprint density at radius 1 is 1.24 bits per heavy atom. The summed E-state index contributed by atoms with van der Waals surface area (Å²) in [6.45, 7) is 2.26. The van der Waals surface area contributed by atoms with Gasteiger partial charge < -0.3 is 5.32 Å². The minimum Gasteiger partial charge on any atom is -0.355 e. The molecule has 0 aliphatic heterocycles. The molecule has 0 saturated heterocycles. The van der Waals surface area contributed by atoms with Crippen molar-refractivity contribution in [2.24, 2.45) is 5.41 Å². The number of benzene rings is 1. The lowest BCUT2D eigenvalue weighted by atomic mass is 9.95. The highest BCUT2D eigenvalue weighted by molar-refractivity contribution is 7.89. The fourth-order valence-electron chi connectivity index (χ4n) is 2.40. The van der Waals surface area contributed by atoms with Crippen LogP contribution in [0.3, 0.4) is 0 Å². The van der Waals surface area contributed by atoms with Gasteiger partial charge in [-0.25, -0.2) is 13.1 Å². The Balaban J connectivity index is 1.83. The number of hydrogen-bond donors (Lipinski definition) is 2. The summed E-state index contributed by atoms with van der Waals surface area (Å²) in [7, 11) is -3.28. The monoisotopic (exact) mass is 310 g/mol. The highest BCUT2D eigenvalue weighted by Gasteiger charge is 2.49. The minimum absolute atomic E-state index is 0.0296. The fraction of sp³-hybridized carbons (Fsp3) is 0.533. The van der Waals surface area contributed by atoms with Crippen LogP contribution < -0.4 is 10.0 Å². The summed E-state index contributed by atoms with van der Waals surface area (Å²) in [5, 5.41) is 2.76. The van der Waals surface area contributed by atoms with Crippen molar-refractivity contribution in [3.63, 3.8) is 0 Å². The molecular weight excluding hydrogens is 288 g/mol. The van der Waals surface area contributed by atoms with Crippen molar-refractivity contribution in [1.29, 1.82) is 0 Å². The molecule has 1 aliphatic carbocycles. The zero-order valence-corrected chi connectivity index (χ0v) is 13.1. The van der Waals surface area contributed by atoms with E-state index in [9.17, 15) is 13.2 Å². The van der Waals surface area contributed by atoms with Crippen LogP contribution in [0.25, 0.3) is 0 Å². The van der Waals surface area contributed by atoms with Crippen LogP contribution in [0.15, 0.2) is 30.3 Å². The molecule has 5 nitrogen and oxygen atoms in total. The number of hydrogen-bond acceptors (Lipinski definition) is 3. The summed E-state index contributed by atoms with van der Waals surface area (Å²) in [6, 6.07) is 9.92. The average Bonchev–Trinajstić information content (AvgIpc) is 3.20. The third-order valence-electron chi connectivity index (χ3n) is 3.74. The van der Waals surface area contributed by atoms with E-state index in [2.05, 4.69) is 10.0 Å². The molecule has 1 aliphatic rings. The van der Waals surface area contributed by atoms with Gasteiger partial charge in [-0.15, -0.1) is 0 Å². The first-order valence-corrected chi connectivity index (χ1v) is 8.92. The third-order valence-corrected chi connectivity index (χ3v) is 5.21. The molecule has 116 valence electrons. The van der Waals surface area contributed by atoms with Gasteiger partial charge in [0.15, 0.2) is 0 Å². The topological polar surface area (TPSA) is 75.3 Å². The van der Waals surface area contributed by atoms with Crippen LogP contribution in [0, 0.1) is 5.41 Å². The Labute approximate surface area is 126 Å². The van der Waals surface area contributed by atoms with Crippen LogP contribution in [0.2, 0.25) is 0 Å². The van der Waals surface area contributed by atoms with Crippen LogP contribution in [0.1, 0.15) is 25.3 Å². The molecule has 1 amide bonds. The molecule has 2 rings (SSSR count). The molecule has 1 aromatic rings. The first-order chi connectivity index (χ1) is 9.97. The molecule has 6 heteroatoms. The number of sulfonamides is 1. The Morgan fingerprint density at radius 3 is 2.48 bits per heavy atom. The summed E-state index contributed by atoms with van der Waals surface area (Å²) < 4.78 is 25.4. The van der Waals surface area contributed by atoms with Crippen LogP contribution in [-0.4, -0.2) is 33.2 Å². The maximum atomic E-state index is 12.2. The number of nitrogens with one attached hydrogen (secondary N) is 2. The molecule has 0 atom stereocenters. The van der Waals surface area contributed by atoms with E-state index in [1.165, 1.54) is 0 Å². The second kappa shape index (κ2) is 6.58. The van der Waals surface area contributed by atoms with Crippen LogP contribution >= 0.6 is 0 Å². The van der Waals surface area contributed by atoms with Gasteiger partial charge >= 0.3 is 0 Å². The Hall–Kier alpha value is -1.40. The molecule has 21 heavy (non-hydrogen) atoms. The Morgan fingerprint density at radius 2 is 1.90 bits per heavy atom. The zero-order chi connectivity index (χ0) is 15.3. The molecule has 0 unspecified atom stereocenters. The van der Waals surface area contributed by atoms with E-state index in [1.54, 1.807) is 6.92 Å². The molecule has 0 heterocycles. The van der Waals surface area contributed by atoms with E-state index in [0.717, 1.165) is 24.8 Å². The van der Waals surface area contributed by atoms with Gasteiger partial charge in [-0.05, 0) is 24.8 Å². The zero-order valence-electron chi connectivity index (χ0n) is 12.3. The number of amides is 1. The second-order valence-electron chi connectivity index (χ2n) is 5.52. The van der Waals surface area contributed by atoms with E-state index in [0.29, 0.717) is 6.54 Å². The molecule has 1 saturated carbocycles. The van der Waals surface area contributed by atoms with Crippen molar-refractivity contribution >= 4 is 15.9 Å². The quantitative estimate of drug-likeness (QED) is 0.754. The van der Waals surface area contributed by atoms with Crippen molar-refractivity contribution < 1.29 is 13.2 Å². The van der Waals surface area contributed by atoms with Gasteiger partial charge in [-0.1, -0.05) is 37.3 Å². The van der Waals surface area contributed by atoms with Crippen molar-refractivity contribution in [2.75, 3.05) is 18.8 Å². The molecule has 0 spiro atoms. The molecule has 0 radical (unpaired) electrons. The van der Waals surface area contributed by atoms with Crippen LogP contribution in [0.5, 0.6) is 0 Å². The molecule has 2 N–H and O–H groups in total. The maximum absolute atomic E-state index is 12.2. The smallest absolute Gasteiger partial charge is 0.226 e. The van der Waals surface area contributed by atoms with Crippen molar-refractivity contribution in [1.82, 2.24) is 10.0 Å². The number of rotatable bonds is 8. The van der Waals surface area contributed by atoms with Gasteiger partial charge in [0.05, 0.1) is 11.2 Å². The summed E-state index contributed by atoms with van der Waals surface area (Å²) in [5.41, 5.74) is 0.814. The van der Waals surface area contributed by atoms with E-state index in [4.69, 9.17) is 0 Å². The SMILES string of the molecule is CCNS(=O)(=O)CCNC(=O)C1(Cc2ccccc2)CC1. The minimum atomic E-state index is -3.28. The summed E-state index contributed by atoms with van der Waals surface area (Å²) >= 11 is 0. The maximum Gasteiger partial charge on any atom is 0.226 e. The predicted octanol–water partition coefficient (Wildman–Crippen LogP) is 1.06. The van der Waals surface area contributed by atoms with Crippen molar-refractivity contribution in [3.05, 3.63) is 35.9 Å². The van der Waals surface area contributed by atoms with Crippen molar-refractivity contribution in [2.45, 2.75) is 26.2 Å². The van der Waals surface area contributed by atoms with Crippen molar-refractivity contribution in [3.8, 4) is 0 Å². The lowest BCUT2D eigenvalue weighted by molar-refractivity contribution is -0.126. The predicted molar refractivity (Wildman–Crippen MR) is 82.3 cm³/mol. The lowest BCUT2D eigenvalue weighted by Gasteiger charge is -2.15. The lowest BCUT2D eigenvalue weighted by Crippen LogP contribution is -2.38. The number of carbonyl (C=O) groups is 1. The normalized spacial score (nSPS) is 16.4. The van der Waals surface area contributed by atoms with Gasteiger partial charge in [0.1, 0.15) is 0 Å². The number of carbonyl (C=O) groups excluding carboxylic acids is 1. The van der Waals surface area contributed by atoms with Gasteiger partial charge in [-0.3, -0.25) is 4.79 Å². The molecule has 0 aromatic heterocycles. The third kappa shape index (κ3) is 4.54. The molecular formula is C15H22N2O3S. The van der Waals surface area contributed by atoms with E-state index in [1.807, 2.05) is 30.3 Å². The standard InChI is InChI=1S/C15H22N2O3S/c1-2-17-21(19,20)11-10-16-14(18)15(8-9-15)12-13-6-4-3-5-7-13/h3-7,17H,2,8-12H2,1H3,(H,16,18). The van der Waals surface area contributed by atoms with E-state index >= 15 is 0 Å². The first kappa shape index (κ1) is 16.0. The average molecular weight is 310 g/mol. The van der Waals surface area contributed by atoms with Gasteiger partial charge in [0.2, 0.25) is 15.9 Å². The highest BCUT2D eigenvalue weighted by atomic mass is 32.2. The van der Waals surface area contributed by atoms with E-state index < -0.39 is 10.0 Å². The highest BCUT2D eigenvalue weighted by Crippen LogP contribution is 2.48. The fourth-order valence-corrected chi connectivity index (χ4v) is 3.36. The van der Waals surface area contributed by atoms with Crippen LogP contribution in [0.4, 0.5) is 0 Å². The molecule has 1 aromatic carbocycles. The summed E-state index contributed by atoms with van der Waals surface area (Å²) in [6.07, 6.45) is 2.46.